The van der Waals surface area contributed by atoms with Gasteiger partial charge in [-0.15, -0.1) is 21.5 Å². The van der Waals surface area contributed by atoms with Gasteiger partial charge < -0.3 is 9.52 Å². The first-order valence-corrected chi connectivity index (χ1v) is 12.1. The molecule has 4 aromatic rings. The van der Waals surface area contributed by atoms with Crippen LogP contribution in [-0.4, -0.2) is 29.8 Å². The van der Waals surface area contributed by atoms with Gasteiger partial charge in [-0.3, -0.25) is 9.36 Å². The van der Waals surface area contributed by atoms with Crippen molar-refractivity contribution in [1.82, 2.24) is 24.7 Å². The van der Waals surface area contributed by atoms with Gasteiger partial charge in [0, 0.05) is 11.8 Å². The zero-order valence-electron chi connectivity index (χ0n) is 18.6. The van der Waals surface area contributed by atoms with E-state index in [1.807, 2.05) is 24.4 Å². The molecule has 5 rings (SSSR count). The molecule has 0 amide bonds. The first kappa shape index (κ1) is 21.5. The van der Waals surface area contributed by atoms with Crippen molar-refractivity contribution in [3.05, 3.63) is 73.5 Å². The number of aromatic hydroxyl groups is 1. The Hall–Kier alpha value is -3.33. The molecule has 33 heavy (non-hydrogen) atoms. The monoisotopic (exact) mass is 463 g/mol. The van der Waals surface area contributed by atoms with E-state index < -0.39 is 0 Å². The first-order chi connectivity index (χ1) is 16.0. The zero-order valence-corrected chi connectivity index (χ0v) is 19.4. The summed E-state index contributed by atoms with van der Waals surface area (Å²) in [6, 6.07) is 8.05. The van der Waals surface area contributed by atoms with E-state index in [2.05, 4.69) is 39.2 Å². The molecule has 1 atom stereocenters. The van der Waals surface area contributed by atoms with Gasteiger partial charge in [0.05, 0.1) is 23.2 Å². The number of aryl methyl sites for hydroxylation is 3. The summed E-state index contributed by atoms with van der Waals surface area (Å²) in [4.78, 5) is 22.6. The molecule has 8 nitrogen and oxygen atoms in total. The number of hydrogen-bond donors (Lipinski definition) is 1. The molecule has 0 bridgehead atoms. The molecule has 3 heterocycles. The quantitative estimate of drug-likeness (QED) is 0.437. The maximum Gasteiger partial charge on any atom is 0.270 e. The van der Waals surface area contributed by atoms with E-state index in [0.717, 1.165) is 41.9 Å². The minimum atomic E-state index is -0.367. The van der Waals surface area contributed by atoms with Gasteiger partial charge in [-0.2, -0.15) is 4.98 Å². The lowest BCUT2D eigenvalue weighted by Crippen LogP contribution is -2.30. The van der Waals surface area contributed by atoms with Crippen LogP contribution in [-0.2, 0) is 19.3 Å². The molecular weight excluding hydrogens is 438 g/mol. The molecule has 0 saturated carbocycles. The predicted molar refractivity (Wildman–Crippen MR) is 125 cm³/mol. The summed E-state index contributed by atoms with van der Waals surface area (Å²) in [5.74, 6) is 0.534. The van der Waals surface area contributed by atoms with Crippen molar-refractivity contribution in [3.8, 4) is 17.3 Å². The number of benzene rings is 1. The lowest BCUT2D eigenvalue weighted by molar-refractivity contribution is 0.427. The van der Waals surface area contributed by atoms with Gasteiger partial charge in [-0.1, -0.05) is 37.6 Å². The number of unbranched alkanes of at least 4 members (excludes halogenated alkanes) is 1. The molecule has 1 aromatic carbocycles. The fraction of sp³-hybridized carbons (Fsp3) is 0.375. The van der Waals surface area contributed by atoms with Gasteiger partial charge in [-0.25, -0.2) is 4.98 Å². The Kier molecular flexibility index (Phi) is 5.80. The molecule has 0 fully saturated rings. The number of thiazole rings is 1. The highest BCUT2D eigenvalue weighted by molar-refractivity contribution is 7.09. The van der Waals surface area contributed by atoms with E-state index in [1.54, 1.807) is 15.9 Å². The number of rotatable bonds is 7. The molecule has 0 radical (unpaired) electrons. The van der Waals surface area contributed by atoms with Gasteiger partial charge in [0.1, 0.15) is 5.82 Å². The summed E-state index contributed by atoms with van der Waals surface area (Å²) in [6.07, 6.45) is 4.51. The molecular formula is C24H25N5O3S. The van der Waals surface area contributed by atoms with Gasteiger partial charge in [0.2, 0.25) is 11.8 Å². The minimum absolute atomic E-state index is 0.0194. The fourth-order valence-electron chi connectivity index (χ4n) is 4.46. The lowest BCUT2D eigenvalue weighted by atomic mass is 10.1. The van der Waals surface area contributed by atoms with Crippen LogP contribution in [0.2, 0.25) is 0 Å². The van der Waals surface area contributed by atoms with Crippen molar-refractivity contribution in [2.24, 2.45) is 0 Å². The summed E-state index contributed by atoms with van der Waals surface area (Å²) in [5, 5.41) is 21.8. The Bertz CT molecular complexity index is 1360. The highest BCUT2D eigenvalue weighted by atomic mass is 32.1. The minimum Gasteiger partial charge on any atom is -0.493 e. The second kappa shape index (κ2) is 8.90. The van der Waals surface area contributed by atoms with E-state index in [-0.39, 0.29) is 28.9 Å². The lowest BCUT2D eigenvalue weighted by Gasteiger charge is -2.20. The van der Waals surface area contributed by atoms with Crippen molar-refractivity contribution in [2.75, 3.05) is 0 Å². The molecule has 9 heteroatoms. The van der Waals surface area contributed by atoms with Crippen LogP contribution in [0.4, 0.5) is 0 Å². The van der Waals surface area contributed by atoms with Crippen LogP contribution in [0.15, 0.2) is 38.9 Å². The molecule has 3 aromatic heterocycles. The first-order valence-electron chi connectivity index (χ1n) is 11.2. The van der Waals surface area contributed by atoms with Crippen LogP contribution in [0.3, 0.4) is 0 Å². The standard InChI is InChI=1S/C24H25N5O3S/c1-3-4-9-19-26-22(30)21(23-28-27-20(32-23)12-16-13-33-14(2)25-16)24(31)29(19)18-11-10-15-7-5-6-8-17(15)18/h5-8,13,18,30H,3-4,9-12H2,1-2H3/t18-/m0/s1. The summed E-state index contributed by atoms with van der Waals surface area (Å²) in [5.41, 5.74) is 2.79. The van der Waals surface area contributed by atoms with Crippen molar-refractivity contribution in [2.45, 2.75) is 58.4 Å². The van der Waals surface area contributed by atoms with Crippen molar-refractivity contribution in [3.63, 3.8) is 0 Å². The van der Waals surface area contributed by atoms with Crippen molar-refractivity contribution < 1.29 is 9.52 Å². The van der Waals surface area contributed by atoms with Crippen LogP contribution in [0, 0.1) is 6.92 Å². The van der Waals surface area contributed by atoms with Crippen LogP contribution in [0.5, 0.6) is 5.88 Å². The molecule has 1 aliphatic rings. The molecule has 0 saturated heterocycles. The van der Waals surface area contributed by atoms with Gasteiger partial charge in [-0.05, 0) is 37.3 Å². The van der Waals surface area contributed by atoms with Crippen LogP contribution in [0.1, 0.15) is 65.8 Å². The van der Waals surface area contributed by atoms with Crippen LogP contribution >= 0.6 is 11.3 Å². The molecule has 1 aliphatic carbocycles. The summed E-state index contributed by atoms with van der Waals surface area (Å²) in [6.45, 7) is 4.02. The smallest absolute Gasteiger partial charge is 0.270 e. The number of fused-ring (bicyclic) bond motifs is 1. The Morgan fingerprint density at radius 3 is 2.88 bits per heavy atom. The Morgan fingerprint density at radius 1 is 1.24 bits per heavy atom. The van der Waals surface area contributed by atoms with Crippen LogP contribution < -0.4 is 5.56 Å². The SMILES string of the molecule is CCCCc1nc(O)c(-c2nnc(Cc3csc(C)n3)o2)c(=O)n1[C@H]1CCc2ccccc21. The topological polar surface area (TPSA) is 107 Å². The molecule has 0 spiro atoms. The average Bonchev–Trinajstić information content (AvgIpc) is 3.53. The molecule has 170 valence electrons. The predicted octanol–water partition coefficient (Wildman–Crippen LogP) is 4.23. The van der Waals surface area contributed by atoms with E-state index in [0.29, 0.717) is 24.6 Å². The highest BCUT2D eigenvalue weighted by Crippen LogP contribution is 2.35. The number of hydrogen-bond acceptors (Lipinski definition) is 8. The maximum atomic E-state index is 13.8. The van der Waals surface area contributed by atoms with E-state index in [9.17, 15) is 9.90 Å². The van der Waals surface area contributed by atoms with Crippen LogP contribution in [0.25, 0.3) is 11.5 Å². The third-order valence-corrected chi connectivity index (χ3v) is 6.84. The highest BCUT2D eigenvalue weighted by Gasteiger charge is 2.30. The summed E-state index contributed by atoms with van der Waals surface area (Å²) >= 11 is 1.55. The normalized spacial score (nSPS) is 15.2. The summed E-state index contributed by atoms with van der Waals surface area (Å²) < 4.78 is 7.51. The zero-order chi connectivity index (χ0) is 22.9. The second-order valence-electron chi connectivity index (χ2n) is 8.29. The molecule has 0 aliphatic heterocycles. The van der Waals surface area contributed by atoms with Gasteiger partial charge in [0.25, 0.3) is 11.4 Å². The van der Waals surface area contributed by atoms with E-state index in [1.165, 1.54) is 5.56 Å². The largest absolute Gasteiger partial charge is 0.493 e. The van der Waals surface area contributed by atoms with E-state index in [4.69, 9.17) is 4.42 Å². The number of aromatic nitrogens is 5. The Labute approximate surface area is 195 Å². The number of nitrogens with zero attached hydrogens (tertiary/aromatic N) is 5. The van der Waals surface area contributed by atoms with Gasteiger partial charge in [0.15, 0.2) is 5.56 Å². The van der Waals surface area contributed by atoms with Crippen molar-refractivity contribution in [1.29, 1.82) is 0 Å². The van der Waals surface area contributed by atoms with Crippen molar-refractivity contribution >= 4 is 11.3 Å². The van der Waals surface area contributed by atoms with Gasteiger partial charge >= 0.3 is 0 Å². The molecule has 1 N–H and O–H groups in total. The third-order valence-electron chi connectivity index (χ3n) is 6.02. The summed E-state index contributed by atoms with van der Waals surface area (Å²) in [7, 11) is 0. The maximum absolute atomic E-state index is 13.8. The Morgan fingerprint density at radius 2 is 2.09 bits per heavy atom. The average molecular weight is 464 g/mol. The fourth-order valence-corrected chi connectivity index (χ4v) is 5.07. The Balaban J connectivity index is 1.58. The third kappa shape index (κ3) is 4.08. The second-order valence-corrected chi connectivity index (χ2v) is 9.36. The molecule has 0 unspecified atom stereocenters. The van der Waals surface area contributed by atoms with E-state index >= 15 is 0 Å².